The van der Waals surface area contributed by atoms with Gasteiger partial charge in [-0.2, -0.15) is 0 Å². The highest BCUT2D eigenvalue weighted by molar-refractivity contribution is 4.96. The lowest BCUT2D eigenvalue weighted by atomic mass is 10.1. The first-order valence-corrected chi connectivity index (χ1v) is 8.23. The minimum Gasteiger partial charge on any atom is -0.380 e. The van der Waals surface area contributed by atoms with Crippen molar-refractivity contribution in [3.05, 3.63) is 0 Å². The van der Waals surface area contributed by atoms with Crippen LogP contribution in [0.3, 0.4) is 0 Å². The fraction of sp³-hybridized carbons (Fsp3) is 1.00. The zero-order valence-electron chi connectivity index (χ0n) is 12.1. The first-order valence-electron chi connectivity index (χ1n) is 8.23. The van der Waals surface area contributed by atoms with E-state index in [1.807, 2.05) is 0 Å². The Bertz CT molecular complexity index is 199. The van der Waals surface area contributed by atoms with Gasteiger partial charge in [-0.3, -0.25) is 0 Å². The minimum atomic E-state index is 0.832. The van der Waals surface area contributed by atoms with Gasteiger partial charge in [0.05, 0.1) is 6.61 Å². The lowest BCUT2D eigenvalue weighted by molar-refractivity contribution is 0.128. The van der Waals surface area contributed by atoms with Crippen LogP contribution in [0.25, 0.3) is 0 Å². The van der Waals surface area contributed by atoms with Gasteiger partial charge in [-0.25, -0.2) is 0 Å². The summed E-state index contributed by atoms with van der Waals surface area (Å²) < 4.78 is 5.70. The van der Waals surface area contributed by atoms with E-state index < -0.39 is 0 Å². The second-order valence-electron chi connectivity index (χ2n) is 6.18. The molecule has 0 amide bonds. The van der Waals surface area contributed by atoms with Gasteiger partial charge >= 0.3 is 0 Å². The van der Waals surface area contributed by atoms with Crippen LogP contribution < -0.4 is 5.32 Å². The van der Waals surface area contributed by atoms with Crippen molar-refractivity contribution in [1.82, 2.24) is 5.32 Å². The summed E-state index contributed by atoms with van der Waals surface area (Å²) in [5, 5.41) is 3.73. The molecule has 2 nitrogen and oxygen atoms in total. The van der Waals surface area contributed by atoms with E-state index >= 15 is 0 Å². The highest BCUT2D eigenvalue weighted by atomic mass is 16.5. The van der Waals surface area contributed by atoms with Crippen LogP contribution in [-0.4, -0.2) is 25.8 Å². The average molecular weight is 253 g/mol. The summed E-state index contributed by atoms with van der Waals surface area (Å²) in [7, 11) is 0. The van der Waals surface area contributed by atoms with Gasteiger partial charge in [-0.15, -0.1) is 0 Å². The first-order chi connectivity index (χ1) is 8.92. The number of unbranched alkanes of at least 4 members (excludes halogenated alkanes) is 4. The average Bonchev–Trinajstić information content (AvgIpc) is 3.25. The quantitative estimate of drug-likeness (QED) is 0.535. The van der Waals surface area contributed by atoms with Crippen molar-refractivity contribution in [3.63, 3.8) is 0 Å². The molecule has 1 N–H and O–H groups in total. The summed E-state index contributed by atoms with van der Waals surface area (Å²) in [5.74, 6) is 2.01. The van der Waals surface area contributed by atoms with Gasteiger partial charge in [-0.1, -0.05) is 32.6 Å². The molecule has 2 aliphatic carbocycles. The maximum atomic E-state index is 5.70. The van der Waals surface area contributed by atoms with Crippen LogP contribution in [0.1, 0.15) is 64.7 Å². The molecule has 2 rings (SSSR count). The van der Waals surface area contributed by atoms with Crippen molar-refractivity contribution in [3.8, 4) is 0 Å². The van der Waals surface area contributed by atoms with Crippen molar-refractivity contribution in [2.75, 3.05) is 19.8 Å². The summed E-state index contributed by atoms with van der Waals surface area (Å²) in [6, 6.07) is 0.832. The third kappa shape index (κ3) is 5.71. The Kier molecular flexibility index (Phi) is 6.50. The molecule has 0 aliphatic heterocycles. The maximum Gasteiger partial charge on any atom is 0.0591 e. The SMILES string of the molecule is CCCCCCCOCCNC(C1CC1)C1CC1. The van der Waals surface area contributed by atoms with Crippen LogP contribution in [0.15, 0.2) is 0 Å². The monoisotopic (exact) mass is 253 g/mol. The van der Waals surface area contributed by atoms with Crippen molar-refractivity contribution in [1.29, 1.82) is 0 Å². The van der Waals surface area contributed by atoms with Crippen molar-refractivity contribution in [2.24, 2.45) is 11.8 Å². The summed E-state index contributed by atoms with van der Waals surface area (Å²) in [4.78, 5) is 0. The van der Waals surface area contributed by atoms with Gasteiger partial charge in [0.25, 0.3) is 0 Å². The van der Waals surface area contributed by atoms with Gasteiger partial charge in [0.15, 0.2) is 0 Å². The predicted molar refractivity (Wildman–Crippen MR) is 76.8 cm³/mol. The lowest BCUT2D eigenvalue weighted by Gasteiger charge is -2.17. The molecule has 0 aromatic carbocycles. The molecule has 2 fully saturated rings. The van der Waals surface area contributed by atoms with E-state index in [-0.39, 0.29) is 0 Å². The lowest BCUT2D eigenvalue weighted by Crippen LogP contribution is -2.35. The molecule has 2 saturated carbocycles. The van der Waals surface area contributed by atoms with Crippen LogP contribution >= 0.6 is 0 Å². The molecule has 0 aromatic rings. The summed E-state index contributed by atoms with van der Waals surface area (Å²) in [6.45, 7) is 5.19. The maximum absolute atomic E-state index is 5.70. The normalized spacial score (nSPS) is 19.7. The van der Waals surface area contributed by atoms with Crippen LogP contribution in [0.4, 0.5) is 0 Å². The second-order valence-corrected chi connectivity index (χ2v) is 6.18. The number of rotatable bonds is 12. The van der Waals surface area contributed by atoms with Gasteiger partial charge in [0.1, 0.15) is 0 Å². The molecule has 106 valence electrons. The third-order valence-electron chi connectivity index (χ3n) is 4.28. The van der Waals surface area contributed by atoms with Gasteiger partial charge in [0.2, 0.25) is 0 Å². The topological polar surface area (TPSA) is 21.3 Å². The van der Waals surface area contributed by atoms with E-state index in [9.17, 15) is 0 Å². The molecule has 2 heteroatoms. The van der Waals surface area contributed by atoms with Crippen LogP contribution in [0, 0.1) is 11.8 Å². The molecule has 0 radical (unpaired) electrons. The zero-order chi connectivity index (χ0) is 12.6. The molecule has 18 heavy (non-hydrogen) atoms. The Morgan fingerprint density at radius 2 is 1.61 bits per heavy atom. The van der Waals surface area contributed by atoms with E-state index in [0.717, 1.165) is 37.6 Å². The molecular weight excluding hydrogens is 222 g/mol. The van der Waals surface area contributed by atoms with E-state index in [2.05, 4.69) is 12.2 Å². The van der Waals surface area contributed by atoms with E-state index in [1.165, 1.54) is 57.8 Å². The number of hydrogen-bond acceptors (Lipinski definition) is 2. The fourth-order valence-electron chi connectivity index (χ4n) is 2.84. The number of ether oxygens (including phenoxy) is 1. The molecular formula is C16H31NO. The first kappa shape index (κ1) is 14.3. The Morgan fingerprint density at radius 3 is 2.22 bits per heavy atom. The van der Waals surface area contributed by atoms with Gasteiger partial charge in [0, 0.05) is 19.2 Å². The highest BCUT2D eigenvalue weighted by Crippen LogP contribution is 2.44. The molecule has 0 atom stereocenters. The Morgan fingerprint density at radius 1 is 0.944 bits per heavy atom. The summed E-state index contributed by atoms with van der Waals surface area (Å²) in [5.41, 5.74) is 0. The fourth-order valence-corrected chi connectivity index (χ4v) is 2.84. The number of nitrogens with one attached hydrogen (secondary N) is 1. The minimum absolute atomic E-state index is 0.832. The molecule has 0 aromatic heterocycles. The molecule has 0 heterocycles. The third-order valence-corrected chi connectivity index (χ3v) is 4.28. The van der Waals surface area contributed by atoms with E-state index in [1.54, 1.807) is 0 Å². The number of hydrogen-bond donors (Lipinski definition) is 1. The Labute approximate surface area is 113 Å². The Balaban J connectivity index is 1.37. The van der Waals surface area contributed by atoms with Crippen molar-refractivity contribution < 1.29 is 4.74 Å². The largest absolute Gasteiger partial charge is 0.380 e. The molecule has 2 aliphatic rings. The summed E-state index contributed by atoms with van der Waals surface area (Å²) in [6.07, 6.45) is 12.5. The molecule has 0 unspecified atom stereocenters. The zero-order valence-corrected chi connectivity index (χ0v) is 12.1. The van der Waals surface area contributed by atoms with E-state index in [4.69, 9.17) is 4.74 Å². The summed E-state index contributed by atoms with van der Waals surface area (Å²) >= 11 is 0. The predicted octanol–water partition coefficient (Wildman–Crippen LogP) is 3.75. The molecule has 0 saturated heterocycles. The highest BCUT2D eigenvalue weighted by Gasteiger charge is 2.40. The molecule has 0 spiro atoms. The standard InChI is InChI=1S/C16H31NO/c1-2-3-4-5-6-12-18-13-11-17-16(14-7-8-14)15-9-10-15/h14-17H,2-13H2,1H3. The van der Waals surface area contributed by atoms with Gasteiger partial charge in [-0.05, 0) is 43.9 Å². The van der Waals surface area contributed by atoms with Crippen LogP contribution in [0.5, 0.6) is 0 Å². The second kappa shape index (κ2) is 8.16. The van der Waals surface area contributed by atoms with Gasteiger partial charge < -0.3 is 10.1 Å². The van der Waals surface area contributed by atoms with Crippen molar-refractivity contribution >= 4 is 0 Å². The van der Waals surface area contributed by atoms with Crippen LogP contribution in [0.2, 0.25) is 0 Å². The Hall–Kier alpha value is -0.0800. The van der Waals surface area contributed by atoms with E-state index in [0.29, 0.717) is 0 Å². The molecule has 0 bridgehead atoms. The van der Waals surface area contributed by atoms with Crippen molar-refractivity contribution in [2.45, 2.75) is 70.8 Å². The van der Waals surface area contributed by atoms with Crippen LogP contribution in [-0.2, 0) is 4.74 Å². The smallest absolute Gasteiger partial charge is 0.0591 e.